The highest BCUT2D eigenvalue weighted by molar-refractivity contribution is 6.31. The number of carbonyl (C=O) groups excluding carboxylic acids is 1. The molecule has 1 amide bonds. The Hall–Kier alpha value is -2.98. The molecule has 2 fully saturated rings. The maximum Gasteiger partial charge on any atom is 0.256 e. The summed E-state index contributed by atoms with van der Waals surface area (Å²) in [5.41, 5.74) is -0.104. The van der Waals surface area contributed by atoms with E-state index >= 15 is 0 Å². The molecule has 3 aromatic rings. The molecule has 40 heavy (non-hydrogen) atoms. The summed E-state index contributed by atoms with van der Waals surface area (Å²) < 4.78 is 35.1. The molecule has 1 aromatic heterocycles. The van der Waals surface area contributed by atoms with E-state index in [9.17, 15) is 23.5 Å². The number of allylic oxidation sites excluding steroid dienone is 1. The number of aliphatic hydroxyl groups is 1. The highest BCUT2D eigenvalue weighted by atomic mass is 35.5. The lowest BCUT2D eigenvalue weighted by atomic mass is 10.0. The van der Waals surface area contributed by atoms with Crippen LogP contribution in [0, 0.1) is 17.6 Å². The quantitative estimate of drug-likeness (QED) is 0.343. The second-order valence-electron chi connectivity index (χ2n) is 10.4. The van der Waals surface area contributed by atoms with E-state index in [1.807, 2.05) is 10.6 Å². The van der Waals surface area contributed by atoms with Crippen LogP contribution in [0.3, 0.4) is 0 Å². The van der Waals surface area contributed by atoms with Crippen molar-refractivity contribution in [3.63, 3.8) is 0 Å². The molecule has 2 aromatic carbocycles. The predicted octanol–water partition coefficient (Wildman–Crippen LogP) is 4.97. The third-order valence-corrected chi connectivity index (χ3v) is 8.11. The normalized spacial score (nSPS) is 20.3. The number of ether oxygens (including phenoxy) is 1. The number of β-amino-alcohol motifs (C(OH)–C–C–N with tert-alkyl or cyclic N) is 1. The van der Waals surface area contributed by atoms with Crippen molar-refractivity contribution >= 4 is 40.0 Å². The van der Waals surface area contributed by atoms with Gasteiger partial charge in [-0.05, 0) is 49.4 Å². The molecule has 2 N–H and O–H groups in total. The van der Waals surface area contributed by atoms with Gasteiger partial charge >= 0.3 is 0 Å². The predicted molar refractivity (Wildman–Crippen MR) is 150 cm³/mol. The van der Waals surface area contributed by atoms with E-state index in [1.165, 1.54) is 24.3 Å². The van der Waals surface area contributed by atoms with Crippen LogP contribution in [0.25, 0.3) is 10.9 Å². The van der Waals surface area contributed by atoms with Gasteiger partial charge in [0.05, 0.1) is 15.6 Å². The maximum atomic E-state index is 14.3. The lowest BCUT2D eigenvalue weighted by Gasteiger charge is -2.33. The number of aliphatic hydroxyl groups excluding tert-OH is 1. The molecule has 1 saturated heterocycles. The van der Waals surface area contributed by atoms with Crippen LogP contribution in [0.4, 0.5) is 8.78 Å². The first-order chi connectivity index (χ1) is 19.1. The first-order valence-corrected chi connectivity index (χ1v) is 13.9. The van der Waals surface area contributed by atoms with Crippen LogP contribution >= 0.6 is 23.2 Å². The number of fused-ring (bicyclic) bond motifs is 1. The zero-order valence-corrected chi connectivity index (χ0v) is 23.1. The van der Waals surface area contributed by atoms with Gasteiger partial charge in [0.1, 0.15) is 35.7 Å². The Morgan fingerprint density at radius 2 is 1.90 bits per heavy atom. The number of nitrogens with one attached hydrogen (secondary N) is 1. The van der Waals surface area contributed by atoms with E-state index in [2.05, 4.69) is 16.8 Å². The number of halogens is 4. The fraction of sp³-hybridized carbons (Fsp3) is 0.379. The highest BCUT2D eigenvalue weighted by Crippen LogP contribution is 2.45. The summed E-state index contributed by atoms with van der Waals surface area (Å²) in [6, 6.07) is 6.47. The number of aromatic nitrogens is 1. The molecule has 2 unspecified atom stereocenters. The lowest BCUT2D eigenvalue weighted by molar-refractivity contribution is 0.0567. The first-order valence-electron chi connectivity index (χ1n) is 13.1. The number of hydrogen-bond donors (Lipinski definition) is 2. The van der Waals surface area contributed by atoms with E-state index in [-0.39, 0.29) is 51.4 Å². The number of likely N-dealkylation sites (tertiary alicyclic amines) is 1. The first kappa shape index (κ1) is 28.5. The van der Waals surface area contributed by atoms with Crippen LogP contribution in [0.2, 0.25) is 10.0 Å². The summed E-state index contributed by atoms with van der Waals surface area (Å²) in [5, 5.41) is 13.4. The van der Waals surface area contributed by atoms with E-state index in [0.29, 0.717) is 38.0 Å². The van der Waals surface area contributed by atoms with Crippen LogP contribution in [0.15, 0.2) is 54.0 Å². The van der Waals surface area contributed by atoms with Crippen molar-refractivity contribution in [3.8, 4) is 5.75 Å². The number of hydrogen-bond acceptors (Lipinski definition) is 5. The summed E-state index contributed by atoms with van der Waals surface area (Å²) in [6.45, 7) is 5.41. The van der Waals surface area contributed by atoms with Crippen molar-refractivity contribution in [1.82, 2.24) is 14.8 Å². The van der Waals surface area contributed by atoms with E-state index in [1.54, 1.807) is 6.20 Å². The van der Waals surface area contributed by atoms with Gasteiger partial charge in [-0.3, -0.25) is 9.59 Å². The molecule has 2 aliphatic rings. The summed E-state index contributed by atoms with van der Waals surface area (Å²) in [7, 11) is 0. The third-order valence-electron chi connectivity index (χ3n) is 7.51. The van der Waals surface area contributed by atoms with Crippen molar-refractivity contribution in [2.45, 2.75) is 37.5 Å². The minimum Gasteiger partial charge on any atom is -0.491 e. The molecular weight excluding hydrogens is 563 g/mol. The van der Waals surface area contributed by atoms with Crippen LogP contribution in [-0.2, 0) is 0 Å². The highest BCUT2D eigenvalue weighted by Gasteiger charge is 2.37. The van der Waals surface area contributed by atoms with Gasteiger partial charge in [-0.1, -0.05) is 29.3 Å². The monoisotopic (exact) mass is 591 g/mol. The molecule has 11 heteroatoms. The van der Waals surface area contributed by atoms with Gasteiger partial charge in [-0.15, -0.1) is 6.58 Å². The molecule has 1 aliphatic carbocycles. The minimum atomic E-state index is -0.795. The Kier molecular flexibility index (Phi) is 8.47. The molecule has 0 bridgehead atoms. The van der Waals surface area contributed by atoms with Crippen molar-refractivity contribution in [2.24, 2.45) is 5.92 Å². The van der Waals surface area contributed by atoms with Crippen molar-refractivity contribution in [1.29, 1.82) is 0 Å². The summed E-state index contributed by atoms with van der Waals surface area (Å²) in [5.74, 6) is -1.34. The van der Waals surface area contributed by atoms with Gasteiger partial charge in [0.25, 0.3) is 5.91 Å². The second kappa shape index (κ2) is 11.9. The molecule has 0 spiro atoms. The van der Waals surface area contributed by atoms with Gasteiger partial charge in [-0.25, -0.2) is 8.78 Å². The number of nitrogens with zero attached hydrogens (tertiary/aromatic N) is 2. The fourth-order valence-corrected chi connectivity index (χ4v) is 5.46. The van der Waals surface area contributed by atoms with Crippen LogP contribution in [0.5, 0.6) is 5.75 Å². The van der Waals surface area contributed by atoms with Gasteiger partial charge in [0.2, 0.25) is 5.43 Å². The molecule has 0 radical (unpaired) electrons. The summed E-state index contributed by atoms with van der Waals surface area (Å²) >= 11 is 11.7. The van der Waals surface area contributed by atoms with E-state index < -0.39 is 29.1 Å². The topological polar surface area (TPSA) is 83.8 Å². The molecule has 7 nitrogen and oxygen atoms in total. The summed E-state index contributed by atoms with van der Waals surface area (Å²) in [6.07, 6.45) is 4.62. The largest absolute Gasteiger partial charge is 0.491 e. The van der Waals surface area contributed by atoms with Crippen molar-refractivity contribution in [3.05, 3.63) is 86.7 Å². The molecular formula is C29H29Cl2F2N3O4. The number of piperidine rings is 1. The Morgan fingerprint density at radius 1 is 1.18 bits per heavy atom. The fourth-order valence-electron chi connectivity index (χ4n) is 5.19. The Labute approximate surface area is 239 Å². The molecule has 1 aliphatic heterocycles. The average molecular weight is 592 g/mol. The number of amides is 1. The van der Waals surface area contributed by atoms with Crippen molar-refractivity contribution < 1.29 is 23.4 Å². The Balaban J connectivity index is 1.19. The number of benzene rings is 2. The zero-order chi connectivity index (χ0) is 28.6. The lowest BCUT2D eigenvalue weighted by Crippen LogP contribution is -2.47. The standard InChI is InChI=1S/C29H29Cl2F2N3O4/c1-2-16-9-26(16)36-14-21(28(38)20-11-25(33)23(31)12-27(20)36)29(39)34-17-5-7-35(8-6-17)13-18(37)15-40-19-3-4-22(30)24(32)10-19/h2-4,10-12,14,16-18,26,37H,1,5-9,13,15H2,(H,34,39)/t16?,18-,26?/m1/s1. The Morgan fingerprint density at radius 3 is 2.58 bits per heavy atom. The van der Waals surface area contributed by atoms with Crippen molar-refractivity contribution in [2.75, 3.05) is 26.2 Å². The molecule has 212 valence electrons. The smallest absolute Gasteiger partial charge is 0.256 e. The summed E-state index contributed by atoms with van der Waals surface area (Å²) in [4.78, 5) is 28.5. The number of pyridine rings is 1. The minimum absolute atomic E-state index is 0.00259. The van der Waals surface area contributed by atoms with Crippen LogP contribution in [0.1, 0.15) is 35.7 Å². The maximum absolute atomic E-state index is 14.3. The van der Waals surface area contributed by atoms with Gasteiger partial charge < -0.3 is 24.6 Å². The van der Waals surface area contributed by atoms with E-state index in [0.717, 1.165) is 12.5 Å². The third kappa shape index (κ3) is 6.17. The SMILES string of the molecule is C=CC1CC1n1cc(C(=O)NC2CCN(C[C@@H](O)COc3ccc(Cl)c(F)c3)CC2)c(=O)c2cc(F)c(Cl)cc21. The molecule has 5 rings (SSSR count). The molecule has 1 saturated carbocycles. The number of rotatable bonds is 9. The van der Waals surface area contributed by atoms with Crippen LogP contribution in [-0.4, -0.2) is 58.9 Å². The van der Waals surface area contributed by atoms with Gasteiger partial charge in [0, 0.05) is 49.4 Å². The molecule has 2 heterocycles. The average Bonchev–Trinajstić information content (AvgIpc) is 3.71. The number of carbonyl (C=O) groups is 1. The molecule has 3 atom stereocenters. The van der Waals surface area contributed by atoms with E-state index in [4.69, 9.17) is 27.9 Å². The van der Waals surface area contributed by atoms with Crippen LogP contribution < -0.4 is 15.5 Å². The van der Waals surface area contributed by atoms with Gasteiger partial charge in [-0.2, -0.15) is 0 Å². The van der Waals surface area contributed by atoms with Gasteiger partial charge in [0.15, 0.2) is 0 Å². The Bertz CT molecular complexity index is 1510. The zero-order valence-electron chi connectivity index (χ0n) is 21.6. The second-order valence-corrected chi connectivity index (χ2v) is 11.2.